The van der Waals surface area contributed by atoms with Gasteiger partial charge in [0, 0.05) is 11.0 Å². The average Bonchev–Trinajstić information content (AvgIpc) is 2.69. The molecule has 3 saturated heterocycles. The first-order valence-electron chi connectivity index (χ1n) is 9.05. The van der Waals surface area contributed by atoms with E-state index in [1.165, 1.54) is 0 Å². The average molecular weight is 416 g/mol. The van der Waals surface area contributed by atoms with E-state index < -0.39 is 11.6 Å². The Hall–Kier alpha value is -1.69. The fourth-order valence-electron chi connectivity index (χ4n) is 4.04. The lowest BCUT2D eigenvalue weighted by Gasteiger charge is -2.44. The smallest absolute Gasteiger partial charge is 0.348 e. The molecule has 136 valence electrons. The molecule has 0 aliphatic carbocycles. The van der Waals surface area contributed by atoms with Gasteiger partial charge in [-0.3, -0.25) is 4.90 Å². The number of nitrogens with zero attached hydrogens (tertiary/aromatic N) is 1. The number of carbonyl (C=O) groups is 1. The number of hydrogen-bond acceptors (Lipinski definition) is 4. The van der Waals surface area contributed by atoms with E-state index in [9.17, 15) is 9.90 Å². The Bertz CT molecular complexity index is 772. The second-order valence-corrected chi connectivity index (χ2v) is 8.08. The number of rotatable bonds is 4. The molecule has 4 nitrogen and oxygen atoms in total. The van der Waals surface area contributed by atoms with Gasteiger partial charge in [-0.2, -0.15) is 0 Å². The van der Waals surface area contributed by atoms with Crippen LogP contribution in [0.2, 0.25) is 0 Å². The molecule has 3 aliphatic rings. The third kappa shape index (κ3) is 3.20. The van der Waals surface area contributed by atoms with Gasteiger partial charge in [0.25, 0.3) is 0 Å². The minimum Gasteiger partial charge on any atom is -0.458 e. The Labute approximate surface area is 161 Å². The zero-order valence-corrected chi connectivity index (χ0v) is 16.1. The molecule has 0 saturated carbocycles. The molecule has 1 unspecified atom stereocenters. The second-order valence-electron chi connectivity index (χ2n) is 7.17. The summed E-state index contributed by atoms with van der Waals surface area (Å²) in [6.45, 7) is 2.92. The molecule has 2 bridgehead atoms. The van der Waals surface area contributed by atoms with Crippen LogP contribution in [0.4, 0.5) is 0 Å². The van der Waals surface area contributed by atoms with Crippen LogP contribution < -0.4 is 0 Å². The van der Waals surface area contributed by atoms with Gasteiger partial charge in [-0.15, -0.1) is 0 Å². The predicted molar refractivity (Wildman–Crippen MR) is 103 cm³/mol. The van der Waals surface area contributed by atoms with Crippen LogP contribution in [0.15, 0.2) is 59.1 Å². The van der Waals surface area contributed by atoms with Gasteiger partial charge in [-0.25, -0.2) is 4.79 Å². The number of ether oxygens (including phenoxy) is 1. The van der Waals surface area contributed by atoms with Crippen molar-refractivity contribution in [3.05, 3.63) is 70.2 Å². The van der Waals surface area contributed by atoms with Crippen LogP contribution in [0.1, 0.15) is 24.0 Å². The molecule has 3 fully saturated rings. The van der Waals surface area contributed by atoms with Crippen LogP contribution in [-0.2, 0) is 15.1 Å². The number of piperidine rings is 3. The summed E-state index contributed by atoms with van der Waals surface area (Å²) in [4.78, 5) is 15.5. The first-order chi connectivity index (χ1) is 12.6. The summed E-state index contributed by atoms with van der Waals surface area (Å²) in [6.07, 6.45) is 1.97. The summed E-state index contributed by atoms with van der Waals surface area (Å²) in [7, 11) is 0. The molecule has 0 amide bonds. The lowest BCUT2D eigenvalue weighted by atomic mass is 9.84. The Balaban J connectivity index is 1.66. The van der Waals surface area contributed by atoms with Crippen LogP contribution in [0, 0.1) is 5.92 Å². The quantitative estimate of drug-likeness (QED) is 0.778. The van der Waals surface area contributed by atoms with E-state index in [0.29, 0.717) is 17.0 Å². The molecule has 5 rings (SSSR count). The number of carbonyl (C=O) groups excluding carboxylic acids is 1. The van der Waals surface area contributed by atoms with Crippen molar-refractivity contribution >= 4 is 21.9 Å². The van der Waals surface area contributed by atoms with Gasteiger partial charge in [0.05, 0.1) is 0 Å². The molecule has 5 heteroatoms. The third-order valence-electron chi connectivity index (χ3n) is 5.60. The highest BCUT2D eigenvalue weighted by Crippen LogP contribution is 2.35. The molecule has 2 atom stereocenters. The van der Waals surface area contributed by atoms with Crippen molar-refractivity contribution in [2.75, 3.05) is 19.6 Å². The Morgan fingerprint density at radius 2 is 1.65 bits per heavy atom. The van der Waals surface area contributed by atoms with Gasteiger partial charge >= 0.3 is 5.97 Å². The minimum atomic E-state index is -1.81. The Morgan fingerprint density at radius 1 is 1.04 bits per heavy atom. The summed E-state index contributed by atoms with van der Waals surface area (Å²) in [5, 5.41) is 11.5. The van der Waals surface area contributed by atoms with Gasteiger partial charge in [-0.05, 0) is 55.1 Å². The summed E-state index contributed by atoms with van der Waals surface area (Å²) >= 11 is 3.40. The molecular formula is C21H22BrNO3. The van der Waals surface area contributed by atoms with Crippen molar-refractivity contribution in [1.29, 1.82) is 0 Å². The number of benzene rings is 2. The Kier molecular flexibility index (Phi) is 4.86. The highest BCUT2D eigenvalue weighted by molar-refractivity contribution is 9.10. The lowest BCUT2D eigenvalue weighted by Crippen LogP contribution is -2.53. The van der Waals surface area contributed by atoms with Crippen molar-refractivity contribution in [3.63, 3.8) is 0 Å². The maximum atomic E-state index is 13.2. The SMILES string of the molecule is O=C(O[C@@H]1CN2CCC1CC2)C(O)(c1ccccc1)c1ccc(Br)cc1. The van der Waals surface area contributed by atoms with Crippen molar-refractivity contribution in [2.24, 2.45) is 5.92 Å². The highest BCUT2D eigenvalue weighted by atomic mass is 79.9. The molecule has 3 heterocycles. The maximum Gasteiger partial charge on any atom is 0.348 e. The van der Waals surface area contributed by atoms with Crippen LogP contribution in [-0.4, -0.2) is 41.7 Å². The maximum absolute atomic E-state index is 13.2. The summed E-state index contributed by atoms with van der Waals surface area (Å²) in [5.41, 5.74) is -0.777. The van der Waals surface area contributed by atoms with Crippen LogP contribution in [0.3, 0.4) is 0 Å². The first-order valence-corrected chi connectivity index (χ1v) is 9.84. The number of hydrogen-bond donors (Lipinski definition) is 1. The molecule has 26 heavy (non-hydrogen) atoms. The van der Waals surface area contributed by atoms with Gasteiger partial charge < -0.3 is 9.84 Å². The zero-order chi connectivity index (χ0) is 18.1. The lowest BCUT2D eigenvalue weighted by molar-refractivity contribution is -0.177. The van der Waals surface area contributed by atoms with Gasteiger partial charge in [-0.1, -0.05) is 58.4 Å². The number of esters is 1. The van der Waals surface area contributed by atoms with E-state index in [1.54, 1.807) is 24.3 Å². The highest BCUT2D eigenvalue weighted by Gasteiger charge is 2.45. The van der Waals surface area contributed by atoms with E-state index >= 15 is 0 Å². The molecule has 2 aromatic rings. The molecular weight excluding hydrogens is 394 g/mol. The molecule has 0 spiro atoms. The second kappa shape index (κ2) is 7.14. The van der Waals surface area contributed by atoms with Gasteiger partial charge in [0.2, 0.25) is 5.60 Å². The summed E-state index contributed by atoms with van der Waals surface area (Å²) < 4.78 is 6.78. The number of halogens is 1. The van der Waals surface area contributed by atoms with Crippen molar-refractivity contribution < 1.29 is 14.6 Å². The number of aliphatic hydroxyl groups is 1. The van der Waals surface area contributed by atoms with Crippen LogP contribution in [0.25, 0.3) is 0 Å². The minimum absolute atomic E-state index is 0.143. The fraction of sp³-hybridized carbons (Fsp3) is 0.381. The topological polar surface area (TPSA) is 49.8 Å². The summed E-state index contributed by atoms with van der Waals surface area (Å²) in [6, 6.07) is 16.2. The van der Waals surface area contributed by atoms with Gasteiger partial charge in [0.15, 0.2) is 0 Å². The van der Waals surface area contributed by atoms with E-state index in [0.717, 1.165) is 36.9 Å². The van der Waals surface area contributed by atoms with E-state index in [1.807, 2.05) is 30.3 Å². The molecule has 3 aliphatic heterocycles. The van der Waals surface area contributed by atoms with Crippen LogP contribution >= 0.6 is 15.9 Å². The predicted octanol–water partition coefficient (Wildman–Crippen LogP) is 3.32. The van der Waals surface area contributed by atoms with E-state index in [4.69, 9.17) is 4.74 Å². The molecule has 0 aromatic heterocycles. The van der Waals surface area contributed by atoms with Gasteiger partial charge in [0.1, 0.15) is 6.10 Å². The molecule has 2 aromatic carbocycles. The Morgan fingerprint density at radius 3 is 2.23 bits per heavy atom. The number of fused-ring (bicyclic) bond motifs is 3. The largest absolute Gasteiger partial charge is 0.458 e. The molecule has 1 N–H and O–H groups in total. The standard InChI is InChI=1S/C21H22BrNO3/c22-18-8-6-17(7-9-18)21(25,16-4-2-1-3-5-16)20(24)26-19-14-23-12-10-15(19)11-13-23/h1-9,15,19,25H,10-14H2/t19-,21?/m1/s1. The fourth-order valence-corrected chi connectivity index (χ4v) is 4.30. The van der Waals surface area contributed by atoms with E-state index in [-0.39, 0.29) is 6.10 Å². The van der Waals surface area contributed by atoms with E-state index in [2.05, 4.69) is 20.8 Å². The molecule has 0 radical (unpaired) electrons. The first kappa shape index (κ1) is 17.7. The van der Waals surface area contributed by atoms with Crippen molar-refractivity contribution in [1.82, 2.24) is 4.90 Å². The summed E-state index contributed by atoms with van der Waals surface area (Å²) in [5.74, 6) is -0.196. The van der Waals surface area contributed by atoms with Crippen molar-refractivity contribution in [3.8, 4) is 0 Å². The van der Waals surface area contributed by atoms with Crippen LogP contribution in [0.5, 0.6) is 0 Å². The monoisotopic (exact) mass is 415 g/mol. The zero-order valence-electron chi connectivity index (χ0n) is 14.5. The third-order valence-corrected chi connectivity index (χ3v) is 6.13. The van der Waals surface area contributed by atoms with Crippen molar-refractivity contribution in [2.45, 2.75) is 24.5 Å². The normalized spacial score (nSPS) is 26.9.